The molecule has 1 N–H and O–H groups in total. The first-order chi connectivity index (χ1) is 13.7. The molecule has 148 valence electrons. The third-order valence-corrected chi connectivity index (χ3v) is 5.33. The summed E-state index contributed by atoms with van der Waals surface area (Å²) in [6, 6.07) is 8.03. The number of piperazine rings is 1. The molecule has 0 aliphatic carbocycles. The Kier molecular flexibility index (Phi) is 5.83. The summed E-state index contributed by atoms with van der Waals surface area (Å²) >= 11 is 0. The molecule has 2 aliphatic heterocycles. The molecule has 2 aromatic rings. The monoisotopic (exact) mass is 381 g/mol. The minimum absolute atomic E-state index is 0.135. The predicted octanol–water partition coefficient (Wildman–Crippen LogP) is 2.22. The molecule has 0 unspecified atom stereocenters. The molecule has 28 heavy (non-hydrogen) atoms. The first-order valence-corrected chi connectivity index (χ1v) is 9.94. The number of para-hydroxylation sites is 1. The van der Waals surface area contributed by atoms with E-state index < -0.39 is 0 Å². The lowest BCUT2D eigenvalue weighted by Gasteiger charge is -2.35. The number of rotatable bonds is 6. The maximum absolute atomic E-state index is 12.6. The van der Waals surface area contributed by atoms with E-state index in [0.717, 1.165) is 49.4 Å². The first-order valence-electron chi connectivity index (χ1n) is 9.94. The van der Waals surface area contributed by atoms with Crippen LogP contribution in [0.5, 0.6) is 0 Å². The molecule has 4 rings (SSSR count). The molecular formula is C21H27N5O2. The van der Waals surface area contributed by atoms with Crippen LogP contribution >= 0.6 is 0 Å². The van der Waals surface area contributed by atoms with E-state index in [2.05, 4.69) is 20.2 Å². The maximum Gasteiger partial charge on any atom is 0.241 e. The number of amides is 1. The number of carbonyl (C=O) groups excluding carboxylic acids is 1. The molecule has 1 aromatic carbocycles. The van der Waals surface area contributed by atoms with Gasteiger partial charge in [0.2, 0.25) is 11.9 Å². The Balaban J connectivity index is 1.29. The van der Waals surface area contributed by atoms with Crippen molar-refractivity contribution in [3.8, 4) is 0 Å². The van der Waals surface area contributed by atoms with Crippen molar-refractivity contribution in [3.05, 3.63) is 47.8 Å². The van der Waals surface area contributed by atoms with Gasteiger partial charge in [-0.25, -0.2) is 9.97 Å². The van der Waals surface area contributed by atoms with E-state index in [-0.39, 0.29) is 12.0 Å². The largest absolute Gasteiger partial charge is 0.376 e. The summed E-state index contributed by atoms with van der Waals surface area (Å²) in [6.07, 6.45) is 6.15. The molecule has 2 aliphatic rings. The Morgan fingerprint density at radius 2 is 2.04 bits per heavy atom. The highest BCUT2D eigenvalue weighted by Gasteiger charge is 2.26. The first kappa shape index (κ1) is 18.8. The fraction of sp³-hybridized carbons (Fsp3) is 0.476. The van der Waals surface area contributed by atoms with Crippen LogP contribution in [0.15, 0.2) is 36.7 Å². The van der Waals surface area contributed by atoms with E-state index in [0.29, 0.717) is 25.6 Å². The van der Waals surface area contributed by atoms with E-state index in [1.807, 2.05) is 48.5 Å². The number of hydrogen-bond donors (Lipinski definition) is 1. The van der Waals surface area contributed by atoms with Gasteiger partial charge in [-0.1, -0.05) is 18.2 Å². The Morgan fingerprint density at radius 1 is 1.21 bits per heavy atom. The highest BCUT2D eigenvalue weighted by Crippen LogP contribution is 2.22. The minimum Gasteiger partial charge on any atom is -0.376 e. The topological polar surface area (TPSA) is 70.6 Å². The molecule has 1 atom stereocenters. The highest BCUT2D eigenvalue weighted by atomic mass is 16.5. The molecule has 2 saturated heterocycles. The average molecular weight is 381 g/mol. The van der Waals surface area contributed by atoms with E-state index in [9.17, 15) is 4.79 Å². The van der Waals surface area contributed by atoms with Gasteiger partial charge in [0.15, 0.2) is 0 Å². The number of hydrogen-bond acceptors (Lipinski definition) is 6. The zero-order valence-electron chi connectivity index (χ0n) is 16.3. The number of carbonyl (C=O) groups is 1. The van der Waals surface area contributed by atoms with Crippen molar-refractivity contribution in [2.24, 2.45) is 0 Å². The van der Waals surface area contributed by atoms with Gasteiger partial charge >= 0.3 is 0 Å². The molecule has 1 aromatic heterocycles. The Hall–Kier alpha value is -2.51. The van der Waals surface area contributed by atoms with Crippen molar-refractivity contribution >= 4 is 17.5 Å². The fourth-order valence-corrected chi connectivity index (χ4v) is 3.77. The summed E-state index contributed by atoms with van der Waals surface area (Å²) in [5, 5.41) is 3.23. The van der Waals surface area contributed by atoms with Gasteiger partial charge in [-0.05, 0) is 31.4 Å². The number of aromatic nitrogens is 2. The average Bonchev–Trinajstić information content (AvgIpc) is 3.22. The van der Waals surface area contributed by atoms with E-state index in [1.165, 1.54) is 0 Å². The van der Waals surface area contributed by atoms with Gasteiger partial charge < -0.3 is 15.0 Å². The smallest absolute Gasteiger partial charge is 0.241 e. The molecule has 1 amide bonds. The lowest BCUT2D eigenvalue weighted by molar-refractivity contribution is -0.121. The third kappa shape index (κ3) is 4.48. The minimum atomic E-state index is 0.135. The van der Waals surface area contributed by atoms with Crippen LogP contribution < -0.4 is 10.2 Å². The van der Waals surface area contributed by atoms with Gasteiger partial charge in [0, 0.05) is 56.4 Å². The van der Waals surface area contributed by atoms with Crippen LogP contribution in [0.3, 0.4) is 0 Å². The number of benzene rings is 1. The van der Waals surface area contributed by atoms with E-state index >= 15 is 0 Å². The summed E-state index contributed by atoms with van der Waals surface area (Å²) in [7, 11) is 0. The Morgan fingerprint density at radius 3 is 2.75 bits per heavy atom. The fourth-order valence-electron chi connectivity index (χ4n) is 3.77. The van der Waals surface area contributed by atoms with E-state index in [1.54, 1.807) is 0 Å². The highest BCUT2D eigenvalue weighted by molar-refractivity contribution is 5.96. The summed E-state index contributed by atoms with van der Waals surface area (Å²) in [6.45, 7) is 6.26. The Bertz CT molecular complexity index is 805. The lowest BCUT2D eigenvalue weighted by atomic mass is 10.1. The van der Waals surface area contributed by atoms with Gasteiger partial charge in [-0.2, -0.15) is 0 Å². The summed E-state index contributed by atoms with van der Waals surface area (Å²) in [4.78, 5) is 25.5. The lowest BCUT2D eigenvalue weighted by Crippen LogP contribution is -2.50. The van der Waals surface area contributed by atoms with Crippen molar-refractivity contribution in [1.82, 2.24) is 14.9 Å². The molecule has 0 bridgehead atoms. The molecule has 3 heterocycles. The summed E-state index contributed by atoms with van der Waals surface area (Å²) < 4.78 is 5.60. The van der Waals surface area contributed by atoms with Crippen molar-refractivity contribution in [3.63, 3.8) is 0 Å². The van der Waals surface area contributed by atoms with Crippen LogP contribution in [0.2, 0.25) is 0 Å². The molecular weight excluding hydrogens is 354 g/mol. The van der Waals surface area contributed by atoms with Crippen molar-refractivity contribution in [2.45, 2.75) is 32.4 Å². The van der Waals surface area contributed by atoms with Gasteiger partial charge in [0.25, 0.3) is 0 Å². The molecule has 0 saturated carbocycles. The van der Waals surface area contributed by atoms with Crippen molar-refractivity contribution in [1.29, 1.82) is 0 Å². The van der Waals surface area contributed by atoms with Crippen LogP contribution in [-0.4, -0.2) is 59.7 Å². The van der Waals surface area contributed by atoms with Crippen LogP contribution in [-0.2, 0) is 16.1 Å². The second-order valence-electron chi connectivity index (χ2n) is 7.47. The molecule has 7 heteroatoms. The van der Waals surface area contributed by atoms with Crippen LogP contribution in [0.4, 0.5) is 11.6 Å². The van der Waals surface area contributed by atoms with Crippen molar-refractivity contribution < 1.29 is 9.53 Å². The standard InChI is InChI=1S/C21H27N5O2/c1-16-5-2-3-7-19(16)26-9-8-25(15-20(26)27)14-17-11-22-21(23-12-17)24-13-18-6-4-10-28-18/h2-3,5,7,11-12,18H,4,6,8-10,13-15H2,1H3,(H,22,23,24)/t18-/m0/s1. The van der Waals surface area contributed by atoms with Gasteiger partial charge in [0.05, 0.1) is 12.6 Å². The molecule has 2 fully saturated rings. The maximum atomic E-state index is 12.6. The van der Waals surface area contributed by atoms with Crippen LogP contribution in [0.1, 0.15) is 24.0 Å². The number of nitrogens with one attached hydrogen (secondary N) is 1. The van der Waals surface area contributed by atoms with Gasteiger partial charge in [-0.3, -0.25) is 9.69 Å². The number of anilines is 2. The number of ether oxygens (including phenoxy) is 1. The number of aryl methyl sites for hydroxylation is 1. The van der Waals surface area contributed by atoms with Crippen LogP contribution in [0, 0.1) is 6.92 Å². The van der Waals surface area contributed by atoms with Crippen molar-refractivity contribution in [2.75, 3.05) is 43.0 Å². The third-order valence-electron chi connectivity index (χ3n) is 5.33. The normalized spacial score (nSPS) is 20.5. The molecule has 0 radical (unpaired) electrons. The quantitative estimate of drug-likeness (QED) is 0.827. The van der Waals surface area contributed by atoms with Gasteiger partial charge in [-0.15, -0.1) is 0 Å². The zero-order chi connectivity index (χ0) is 19.3. The van der Waals surface area contributed by atoms with E-state index in [4.69, 9.17) is 4.74 Å². The SMILES string of the molecule is Cc1ccccc1N1CCN(Cc2cnc(NC[C@@H]3CCCO3)nc2)CC1=O. The summed E-state index contributed by atoms with van der Waals surface area (Å²) in [5.41, 5.74) is 3.15. The second-order valence-corrected chi connectivity index (χ2v) is 7.47. The summed E-state index contributed by atoms with van der Waals surface area (Å²) in [5.74, 6) is 0.760. The molecule has 0 spiro atoms. The second kappa shape index (κ2) is 8.67. The molecule has 7 nitrogen and oxygen atoms in total. The zero-order valence-corrected chi connectivity index (χ0v) is 16.3. The predicted molar refractivity (Wildman–Crippen MR) is 108 cm³/mol. The Labute approximate surface area is 165 Å². The van der Waals surface area contributed by atoms with Crippen LogP contribution in [0.25, 0.3) is 0 Å². The van der Waals surface area contributed by atoms with Gasteiger partial charge in [0.1, 0.15) is 0 Å². The number of nitrogens with zero attached hydrogens (tertiary/aromatic N) is 4.